The van der Waals surface area contributed by atoms with E-state index in [0.717, 1.165) is 5.01 Å². The fourth-order valence-electron chi connectivity index (χ4n) is 4.00. The number of hydrogen-bond donors (Lipinski definition) is 3. The van der Waals surface area contributed by atoms with Crippen molar-refractivity contribution in [3.05, 3.63) is 74.4 Å². The van der Waals surface area contributed by atoms with Gasteiger partial charge in [0.05, 0.1) is 28.6 Å². The van der Waals surface area contributed by atoms with Crippen molar-refractivity contribution in [2.24, 2.45) is 10.7 Å². The van der Waals surface area contributed by atoms with Crippen molar-refractivity contribution in [2.45, 2.75) is 32.2 Å². The van der Waals surface area contributed by atoms with E-state index in [9.17, 15) is 19.5 Å². The normalized spacial score (nSPS) is 14.6. The number of rotatable bonds is 7. The number of carbonyl (C=O) groups is 3. The second kappa shape index (κ2) is 10.7. The van der Waals surface area contributed by atoms with Gasteiger partial charge in [0.1, 0.15) is 0 Å². The Morgan fingerprint density at radius 2 is 1.97 bits per heavy atom. The molecule has 0 aliphatic carbocycles. The number of aliphatic carboxylic acids is 1. The maximum absolute atomic E-state index is 13.3. The second-order valence-corrected chi connectivity index (χ2v) is 8.56. The molecule has 1 aliphatic rings. The first kappa shape index (κ1) is 25.3. The molecule has 4 N–H and O–H groups in total. The third kappa shape index (κ3) is 5.08. The van der Waals surface area contributed by atoms with E-state index in [1.54, 1.807) is 37.4 Å². The van der Waals surface area contributed by atoms with Gasteiger partial charge in [0.2, 0.25) is 0 Å². The van der Waals surface area contributed by atoms with Gasteiger partial charge >= 0.3 is 5.97 Å². The third-order valence-electron chi connectivity index (χ3n) is 5.61. The molecule has 2 amide bonds. The van der Waals surface area contributed by atoms with Gasteiger partial charge in [-0.25, -0.2) is 5.01 Å². The van der Waals surface area contributed by atoms with Gasteiger partial charge in [0.15, 0.2) is 0 Å². The Hall–Kier alpha value is -3.36. The first-order valence-corrected chi connectivity index (χ1v) is 11.3. The summed E-state index contributed by atoms with van der Waals surface area (Å²) in [5.74, 6) is -2.34. The van der Waals surface area contributed by atoms with Crippen molar-refractivity contribution >= 4 is 52.8 Å². The lowest BCUT2D eigenvalue weighted by atomic mass is 9.86. The molecule has 34 heavy (non-hydrogen) atoms. The summed E-state index contributed by atoms with van der Waals surface area (Å²) in [7, 11) is 1.59. The maximum atomic E-state index is 13.3. The number of hydrogen-bond acceptors (Lipinski definition) is 5. The van der Waals surface area contributed by atoms with Gasteiger partial charge in [-0.15, -0.1) is 0 Å². The molecule has 1 aliphatic heterocycles. The standard InChI is InChI=1S/C24H24Cl2N4O4/c1-3-13(9-20(31)32)17-6-4-5-14-12-30(29-23(33)21(14)17)24(34)22-18(25)7-15(8-19(22)26)16(10-27)11-28-2/h4-8,10-11,13H,3,9,12,27H2,1-2H3,(H,29,33)(H,31,32)/t13-/m1/s1. The lowest BCUT2D eigenvalue weighted by Gasteiger charge is -2.31. The predicted octanol–water partition coefficient (Wildman–Crippen LogP) is 4.26. The molecule has 3 rings (SSSR count). The number of benzene rings is 2. The molecule has 0 unspecified atom stereocenters. The lowest BCUT2D eigenvalue weighted by Crippen LogP contribution is -2.50. The van der Waals surface area contributed by atoms with Crippen LogP contribution in [0.2, 0.25) is 10.0 Å². The smallest absolute Gasteiger partial charge is 0.303 e. The first-order chi connectivity index (χ1) is 16.2. The van der Waals surface area contributed by atoms with E-state index in [0.29, 0.717) is 34.2 Å². The summed E-state index contributed by atoms with van der Waals surface area (Å²) < 4.78 is 0. The van der Waals surface area contributed by atoms with Gasteiger partial charge in [-0.1, -0.05) is 48.3 Å². The zero-order valence-corrected chi connectivity index (χ0v) is 20.2. The zero-order valence-electron chi connectivity index (χ0n) is 18.6. The topological polar surface area (TPSA) is 125 Å². The quantitative estimate of drug-likeness (QED) is 0.487. The van der Waals surface area contributed by atoms with Gasteiger partial charge in [-0.05, 0) is 41.2 Å². The van der Waals surface area contributed by atoms with E-state index in [-0.39, 0.29) is 34.5 Å². The lowest BCUT2D eigenvalue weighted by molar-refractivity contribution is -0.137. The average Bonchev–Trinajstić information content (AvgIpc) is 2.79. The van der Waals surface area contributed by atoms with Crippen LogP contribution in [0.25, 0.3) is 5.57 Å². The van der Waals surface area contributed by atoms with Gasteiger partial charge in [0, 0.05) is 30.6 Å². The van der Waals surface area contributed by atoms with Crippen LogP contribution >= 0.6 is 23.2 Å². The highest BCUT2D eigenvalue weighted by Crippen LogP contribution is 2.33. The molecule has 0 saturated carbocycles. The van der Waals surface area contributed by atoms with Crippen molar-refractivity contribution in [3.63, 3.8) is 0 Å². The van der Waals surface area contributed by atoms with E-state index in [2.05, 4.69) is 10.4 Å². The van der Waals surface area contributed by atoms with Crippen LogP contribution in [0.4, 0.5) is 0 Å². The molecule has 2 aromatic rings. The Bertz CT molecular complexity index is 1190. The van der Waals surface area contributed by atoms with Crippen LogP contribution in [0.1, 0.15) is 63.1 Å². The van der Waals surface area contributed by atoms with Crippen LogP contribution in [-0.2, 0) is 11.3 Å². The zero-order chi connectivity index (χ0) is 25.0. The number of allylic oxidation sites excluding steroid dienone is 1. The van der Waals surface area contributed by atoms with E-state index in [1.165, 1.54) is 12.4 Å². The van der Waals surface area contributed by atoms with Crippen LogP contribution in [0.3, 0.4) is 0 Å². The van der Waals surface area contributed by atoms with Crippen LogP contribution in [0.15, 0.2) is 41.5 Å². The molecule has 178 valence electrons. The van der Waals surface area contributed by atoms with Crippen LogP contribution in [0, 0.1) is 0 Å². The van der Waals surface area contributed by atoms with E-state index < -0.39 is 17.8 Å². The Balaban J connectivity index is 1.95. The molecule has 1 atom stereocenters. The average molecular weight is 503 g/mol. The SMILES string of the molecule is CC[C@H](CC(=O)O)c1cccc2c1C(=O)NN(C(=O)c1c(Cl)cc(C(C=NC)=CN)cc1Cl)C2. The highest BCUT2D eigenvalue weighted by Gasteiger charge is 2.32. The van der Waals surface area contributed by atoms with Gasteiger partial charge in [-0.2, -0.15) is 0 Å². The number of hydrazine groups is 1. The first-order valence-electron chi connectivity index (χ1n) is 10.5. The summed E-state index contributed by atoms with van der Waals surface area (Å²) >= 11 is 12.8. The molecular weight excluding hydrogens is 479 g/mol. The van der Waals surface area contributed by atoms with Crippen molar-refractivity contribution in [1.82, 2.24) is 10.4 Å². The minimum atomic E-state index is -0.942. The van der Waals surface area contributed by atoms with Gasteiger partial charge in [-0.3, -0.25) is 24.8 Å². The molecule has 0 aromatic heterocycles. The fourth-order valence-corrected chi connectivity index (χ4v) is 4.65. The summed E-state index contributed by atoms with van der Waals surface area (Å²) in [4.78, 5) is 41.5. The highest BCUT2D eigenvalue weighted by atomic mass is 35.5. The fraction of sp³-hybridized carbons (Fsp3) is 0.250. The largest absolute Gasteiger partial charge is 0.481 e. The highest BCUT2D eigenvalue weighted by molar-refractivity contribution is 6.40. The number of carboxylic acids is 1. The van der Waals surface area contributed by atoms with Gasteiger partial charge < -0.3 is 10.8 Å². The van der Waals surface area contributed by atoms with E-state index in [4.69, 9.17) is 28.9 Å². The summed E-state index contributed by atoms with van der Waals surface area (Å²) in [5, 5.41) is 10.6. The Morgan fingerprint density at radius 1 is 1.29 bits per heavy atom. The van der Waals surface area contributed by atoms with E-state index in [1.807, 2.05) is 6.92 Å². The van der Waals surface area contributed by atoms with Crippen molar-refractivity contribution in [2.75, 3.05) is 7.05 Å². The van der Waals surface area contributed by atoms with Crippen molar-refractivity contribution < 1.29 is 19.5 Å². The third-order valence-corrected chi connectivity index (χ3v) is 6.21. The number of nitrogens with one attached hydrogen (secondary N) is 1. The Morgan fingerprint density at radius 3 is 2.53 bits per heavy atom. The molecule has 0 bridgehead atoms. The Labute approximate surface area is 207 Å². The minimum Gasteiger partial charge on any atom is -0.481 e. The molecule has 0 radical (unpaired) electrons. The molecular formula is C24H24Cl2N4O4. The number of carbonyl (C=O) groups excluding carboxylic acids is 2. The number of fused-ring (bicyclic) bond motifs is 1. The number of carboxylic acid groups (broad SMARTS) is 1. The monoisotopic (exact) mass is 502 g/mol. The number of halogens is 2. The number of amides is 2. The molecule has 1 heterocycles. The number of nitrogens with two attached hydrogens (primary N) is 1. The molecule has 0 saturated heterocycles. The molecule has 2 aromatic carbocycles. The summed E-state index contributed by atoms with van der Waals surface area (Å²) in [6.45, 7) is 1.94. The molecule has 0 spiro atoms. The van der Waals surface area contributed by atoms with E-state index >= 15 is 0 Å². The summed E-state index contributed by atoms with van der Waals surface area (Å²) in [6.07, 6.45) is 3.35. The van der Waals surface area contributed by atoms with Crippen LogP contribution in [0.5, 0.6) is 0 Å². The van der Waals surface area contributed by atoms with Gasteiger partial charge in [0.25, 0.3) is 11.8 Å². The van der Waals surface area contributed by atoms with Crippen molar-refractivity contribution in [1.29, 1.82) is 0 Å². The maximum Gasteiger partial charge on any atom is 0.303 e. The second-order valence-electron chi connectivity index (χ2n) is 7.74. The van der Waals surface area contributed by atoms with Crippen molar-refractivity contribution in [3.8, 4) is 0 Å². The summed E-state index contributed by atoms with van der Waals surface area (Å²) in [6, 6.07) is 8.35. The number of nitrogens with zero attached hydrogens (tertiary/aromatic N) is 2. The van der Waals surface area contributed by atoms with Crippen LogP contribution in [-0.4, -0.2) is 41.2 Å². The molecule has 10 heteroatoms. The minimum absolute atomic E-state index is 0.0362. The van der Waals surface area contributed by atoms with Crippen LogP contribution < -0.4 is 11.2 Å². The molecule has 0 fully saturated rings. The molecule has 8 nitrogen and oxygen atoms in total. The predicted molar refractivity (Wildman–Crippen MR) is 132 cm³/mol. The Kier molecular flexibility index (Phi) is 7.96. The number of aliphatic imine (C=N–C) groups is 1. The summed E-state index contributed by atoms with van der Waals surface area (Å²) in [5.41, 5.74) is 11.1.